The van der Waals surface area contributed by atoms with Crippen LogP contribution in [0.2, 0.25) is 0 Å². The first-order valence-electron chi connectivity index (χ1n) is 7.95. The van der Waals surface area contributed by atoms with E-state index >= 15 is 0 Å². The highest BCUT2D eigenvalue weighted by atomic mass is 19.1. The van der Waals surface area contributed by atoms with E-state index in [2.05, 4.69) is 20.7 Å². The van der Waals surface area contributed by atoms with Gasteiger partial charge in [-0.1, -0.05) is 30.3 Å². The molecule has 0 radical (unpaired) electrons. The number of benzene rings is 2. The van der Waals surface area contributed by atoms with Crippen LogP contribution in [-0.4, -0.2) is 33.3 Å². The van der Waals surface area contributed by atoms with Crippen molar-refractivity contribution in [3.05, 3.63) is 54.1 Å². The largest absolute Gasteiger partial charge is 0.316 e. The number of halogens is 1. The second-order valence-electron chi connectivity index (χ2n) is 5.99. The molecule has 1 aliphatic heterocycles. The Morgan fingerprint density at radius 3 is 2.78 bits per heavy atom. The number of fused-ring (bicyclic) bond motifs is 1. The van der Waals surface area contributed by atoms with Crippen molar-refractivity contribution in [2.45, 2.75) is 18.9 Å². The van der Waals surface area contributed by atoms with Crippen molar-refractivity contribution >= 4 is 10.8 Å². The minimum Gasteiger partial charge on any atom is -0.316 e. The van der Waals surface area contributed by atoms with Crippen molar-refractivity contribution in [1.82, 2.24) is 25.5 Å². The van der Waals surface area contributed by atoms with E-state index in [1.54, 1.807) is 4.80 Å². The Labute approximate surface area is 133 Å². The molecule has 6 heteroatoms. The Morgan fingerprint density at radius 2 is 2.04 bits per heavy atom. The fourth-order valence-corrected chi connectivity index (χ4v) is 3.56. The van der Waals surface area contributed by atoms with Crippen LogP contribution in [0.15, 0.2) is 42.7 Å². The van der Waals surface area contributed by atoms with Gasteiger partial charge in [0.1, 0.15) is 11.9 Å². The van der Waals surface area contributed by atoms with E-state index in [1.165, 1.54) is 12.4 Å². The van der Waals surface area contributed by atoms with Crippen LogP contribution >= 0.6 is 0 Å². The van der Waals surface area contributed by atoms with Crippen LogP contribution < -0.4 is 5.32 Å². The predicted molar refractivity (Wildman–Crippen MR) is 85.5 cm³/mol. The predicted octanol–water partition coefficient (Wildman–Crippen LogP) is 2.55. The molecule has 1 unspecified atom stereocenters. The SMILES string of the molecule is Fc1ccc(C([C@H]2CCCNC2)n2ncnn2)c2ccccc12. The maximum absolute atomic E-state index is 14.2. The van der Waals surface area contributed by atoms with E-state index in [0.717, 1.165) is 36.9 Å². The van der Waals surface area contributed by atoms with Gasteiger partial charge < -0.3 is 5.32 Å². The molecule has 0 saturated carbocycles. The van der Waals surface area contributed by atoms with Crippen molar-refractivity contribution in [2.24, 2.45) is 5.92 Å². The second kappa shape index (κ2) is 6.04. The van der Waals surface area contributed by atoms with Crippen LogP contribution in [0.25, 0.3) is 10.8 Å². The molecule has 1 aliphatic rings. The highest BCUT2D eigenvalue weighted by Gasteiger charge is 2.29. The molecule has 1 fully saturated rings. The first kappa shape index (κ1) is 14.3. The fourth-order valence-electron chi connectivity index (χ4n) is 3.56. The van der Waals surface area contributed by atoms with Gasteiger partial charge in [0.25, 0.3) is 0 Å². The van der Waals surface area contributed by atoms with E-state index in [-0.39, 0.29) is 11.9 Å². The zero-order chi connectivity index (χ0) is 15.6. The normalized spacial score (nSPS) is 19.8. The summed E-state index contributed by atoms with van der Waals surface area (Å²) in [6.45, 7) is 1.94. The number of nitrogens with one attached hydrogen (secondary N) is 1. The van der Waals surface area contributed by atoms with Crippen LogP contribution in [0.4, 0.5) is 4.39 Å². The van der Waals surface area contributed by atoms with Crippen molar-refractivity contribution < 1.29 is 4.39 Å². The zero-order valence-electron chi connectivity index (χ0n) is 12.7. The van der Waals surface area contributed by atoms with E-state index in [4.69, 9.17) is 0 Å². The number of hydrogen-bond donors (Lipinski definition) is 1. The zero-order valence-corrected chi connectivity index (χ0v) is 12.7. The average molecular weight is 311 g/mol. The lowest BCUT2D eigenvalue weighted by molar-refractivity contribution is 0.262. The quantitative estimate of drug-likeness (QED) is 0.807. The van der Waals surface area contributed by atoms with Gasteiger partial charge in [-0.3, -0.25) is 0 Å². The van der Waals surface area contributed by atoms with Gasteiger partial charge in [-0.15, -0.1) is 10.2 Å². The molecule has 5 nitrogen and oxygen atoms in total. The second-order valence-corrected chi connectivity index (χ2v) is 5.99. The third-order valence-electron chi connectivity index (χ3n) is 4.62. The number of nitrogens with zero attached hydrogens (tertiary/aromatic N) is 4. The van der Waals surface area contributed by atoms with Gasteiger partial charge in [0.05, 0.1) is 0 Å². The number of tetrazole rings is 1. The molecule has 0 spiro atoms. The molecular weight excluding hydrogens is 293 g/mol. The van der Waals surface area contributed by atoms with E-state index in [1.807, 2.05) is 30.3 Å². The summed E-state index contributed by atoms with van der Waals surface area (Å²) in [5.41, 5.74) is 1.05. The van der Waals surface area contributed by atoms with Crippen LogP contribution in [-0.2, 0) is 0 Å². The minimum absolute atomic E-state index is 0.0456. The molecule has 0 amide bonds. The molecule has 4 rings (SSSR count). The summed E-state index contributed by atoms with van der Waals surface area (Å²) in [5, 5.41) is 17.3. The monoisotopic (exact) mass is 311 g/mol. The molecular formula is C17H18FN5. The lowest BCUT2D eigenvalue weighted by Crippen LogP contribution is -2.36. The van der Waals surface area contributed by atoms with Gasteiger partial charge in [0.15, 0.2) is 6.33 Å². The Kier molecular flexibility index (Phi) is 3.75. The van der Waals surface area contributed by atoms with Crippen LogP contribution in [0.1, 0.15) is 24.4 Å². The lowest BCUT2D eigenvalue weighted by atomic mass is 9.85. The number of piperidine rings is 1. The number of aromatic nitrogens is 4. The number of hydrogen-bond acceptors (Lipinski definition) is 4. The molecule has 118 valence electrons. The summed E-state index contributed by atoms with van der Waals surface area (Å²) in [5.74, 6) is 0.156. The maximum Gasteiger partial charge on any atom is 0.162 e. The first-order valence-corrected chi connectivity index (χ1v) is 7.95. The molecule has 0 bridgehead atoms. The van der Waals surface area contributed by atoms with Crippen LogP contribution in [0.5, 0.6) is 0 Å². The highest BCUT2D eigenvalue weighted by Crippen LogP contribution is 2.35. The third-order valence-corrected chi connectivity index (χ3v) is 4.62. The molecule has 0 aliphatic carbocycles. The average Bonchev–Trinajstić information content (AvgIpc) is 3.13. The topological polar surface area (TPSA) is 55.6 Å². The van der Waals surface area contributed by atoms with Gasteiger partial charge >= 0.3 is 0 Å². The Bertz CT molecular complexity index is 796. The number of rotatable bonds is 3. The van der Waals surface area contributed by atoms with E-state index in [0.29, 0.717) is 11.3 Å². The van der Waals surface area contributed by atoms with Crippen molar-refractivity contribution in [3.8, 4) is 0 Å². The molecule has 23 heavy (non-hydrogen) atoms. The fraction of sp³-hybridized carbons (Fsp3) is 0.353. The third kappa shape index (κ3) is 2.59. The Hall–Kier alpha value is -2.34. The van der Waals surface area contributed by atoms with Gasteiger partial charge in [0.2, 0.25) is 0 Å². The Balaban J connectivity index is 1.88. The van der Waals surface area contributed by atoms with Crippen molar-refractivity contribution in [3.63, 3.8) is 0 Å². The molecule has 2 atom stereocenters. The summed E-state index contributed by atoms with van der Waals surface area (Å²) in [4.78, 5) is 1.66. The van der Waals surface area contributed by atoms with Crippen molar-refractivity contribution in [1.29, 1.82) is 0 Å². The minimum atomic E-state index is -0.198. The summed E-state index contributed by atoms with van der Waals surface area (Å²) in [6.07, 6.45) is 3.66. The molecule has 1 N–H and O–H groups in total. The molecule has 3 aromatic rings. The smallest absolute Gasteiger partial charge is 0.162 e. The molecule has 1 saturated heterocycles. The maximum atomic E-state index is 14.2. The van der Waals surface area contributed by atoms with Gasteiger partial charge in [-0.2, -0.15) is 4.80 Å². The van der Waals surface area contributed by atoms with E-state index in [9.17, 15) is 4.39 Å². The summed E-state index contributed by atoms with van der Waals surface area (Å²) in [6, 6.07) is 10.9. The van der Waals surface area contributed by atoms with Crippen molar-refractivity contribution in [2.75, 3.05) is 13.1 Å². The highest BCUT2D eigenvalue weighted by molar-refractivity contribution is 5.86. The summed E-state index contributed by atoms with van der Waals surface area (Å²) < 4.78 is 14.2. The van der Waals surface area contributed by atoms with E-state index < -0.39 is 0 Å². The summed E-state index contributed by atoms with van der Waals surface area (Å²) >= 11 is 0. The summed E-state index contributed by atoms with van der Waals surface area (Å²) in [7, 11) is 0. The van der Waals surface area contributed by atoms with Crippen LogP contribution in [0.3, 0.4) is 0 Å². The van der Waals surface area contributed by atoms with Gasteiger partial charge in [-0.05, 0) is 47.5 Å². The molecule has 2 heterocycles. The Morgan fingerprint density at radius 1 is 1.17 bits per heavy atom. The molecule has 2 aromatic carbocycles. The van der Waals surface area contributed by atoms with Gasteiger partial charge in [0, 0.05) is 11.9 Å². The standard InChI is InChI=1S/C17H18FN5/c18-16-8-7-15(13-5-1-2-6-14(13)16)17(23-21-11-20-22-23)12-4-3-9-19-10-12/h1-2,5-8,11-12,17,19H,3-4,9-10H2/t12-,17?/m0/s1. The van der Waals surface area contributed by atoms with Crippen LogP contribution in [0, 0.1) is 11.7 Å². The van der Waals surface area contributed by atoms with Gasteiger partial charge in [-0.25, -0.2) is 4.39 Å². The lowest BCUT2D eigenvalue weighted by Gasteiger charge is -2.30. The first-order chi connectivity index (χ1) is 11.3. The molecule has 1 aromatic heterocycles.